The van der Waals surface area contributed by atoms with E-state index in [-0.39, 0.29) is 0 Å². The second-order valence-corrected chi connectivity index (χ2v) is 4.86. The molecule has 4 heteroatoms. The van der Waals surface area contributed by atoms with Crippen molar-refractivity contribution in [3.8, 4) is 0 Å². The smallest absolute Gasteiger partial charge is 0.0587 e. The third-order valence-corrected chi connectivity index (χ3v) is 3.23. The summed E-state index contributed by atoms with van der Waals surface area (Å²) in [5, 5.41) is 4.13. The molecule has 0 saturated heterocycles. The summed E-state index contributed by atoms with van der Waals surface area (Å²) >= 11 is 5.89. The lowest BCUT2D eigenvalue weighted by Gasteiger charge is -2.10. The number of nitrogens with one attached hydrogen (secondary N) is 1. The Labute approximate surface area is 119 Å². The molecule has 0 fully saturated rings. The van der Waals surface area contributed by atoms with Crippen LogP contribution in [0.25, 0.3) is 0 Å². The molecule has 19 heavy (non-hydrogen) atoms. The molecule has 0 atom stereocenters. The van der Waals surface area contributed by atoms with Crippen molar-refractivity contribution in [1.29, 1.82) is 0 Å². The van der Waals surface area contributed by atoms with Gasteiger partial charge in [-0.2, -0.15) is 0 Å². The summed E-state index contributed by atoms with van der Waals surface area (Å²) in [5.41, 5.74) is 2.52. The van der Waals surface area contributed by atoms with Crippen LogP contribution in [-0.2, 0) is 17.8 Å². The van der Waals surface area contributed by atoms with E-state index in [1.807, 2.05) is 12.1 Å². The maximum atomic E-state index is 5.89. The van der Waals surface area contributed by atoms with E-state index in [2.05, 4.69) is 40.3 Å². The first-order valence-corrected chi connectivity index (χ1v) is 6.75. The second kappa shape index (κ2) is 7.34. The van der Waals surface area contributed by atoms with E-state index in [4.69, 9.17) is 16.3 Å². The highest BCUT2D eigenvalue weighted by atomic mass is 35.5. The van der Waals surface area contributed by atoms with E-state index in [0.717, 1.165) is 31.3 Å². The normalized spacial score (nSPS) is 10.8. The van der Waals surface area contributed by atoms with Gasteiger partial charge in [0.2, 0.25) is 0 Å². The molecule has 0 saturated carbocycles. The minimum Gasteiger partial charge on any atom is -0.383 e. The van der Waals surface area contributed by atoms with Gasteiger partial charge in [-0.15, -0.1) is 0 Å². The molecule has 0 radical (unpaired) electrons. The van der Waals surface area contributed by atoms with Crippen molar-refractivity contribution in [1.82, 2.24) is 9.88 Å². The third-order valence-electron chi connectivity index (χ3n) is 2.98. The molecule has 0 unspecified atom stereocenters. The average molecular weight is 279 g/mol. The van der Waals surface area contributed by atoms with E-state index in [1.54, 1.807) is 7.11 Å². The molecule has 0 amide bonds. The number of rotatable bonds is 7. The standard InChI is InChI=1S/C15H19ClN2O/c1-19-10-8-17-11-15-3-2-9-18(15)12-13-4-6-14(16)7-5-13/h2-7,9,17H,8,10-12H2,1H3. The van der Waals surface area contributed by atoms with Crippen molar-refractivity contribution in [3.63, 3.8) is 0 Å². The van der Waals surface area contributed by atoms with Crippen LogP contribution >= 0.6 is 11.6 Å². The monoisotopic (exact) mass is 278 g/mol. The van der Waals surface area contributed by atoms with Crippen LogP contribution in [0, 0.1) is 0 Å². The largest absolute Gasteiger partial charge is 0.383 e. The molecule has 0 spiro atoms. The quantitative estimate of drug-likeness (QED) is 0.788. The predicted molar refractivity (Wildman–Crippen MR) is 78.6 cm³/mol. The van der Waals surface area contributed by atoms with Gasteiger partial charge in [0.25, 0.3) is 0 Å². The third kappa shape index (κ3) is 4.39. The SMILES string of the molecule is COCCNCc1cccn1Cc1ccc(Cl)cc1. The highest BCUT2D eigenvalue weighted by molar-refractivity contribution is 6.30. The molecule has 3 nitrogen and oxygen atoms in total. The van der Waals surface area contributed by atoms with Crippen molar-refractivity contribution >= 4 is 11.6 Å². The van der Waals surface area contributed by atoms with Crippen molar-refractivity contribution in [3.05, 3.63) is 58.9 Å². The first-order valence-electron chi connectivity index (χ1n) is 6.37. The number of methoxy groups -OCH3 is 1. The molecule has 2 rings (SSSR count). The van der Waals surface area contributed by atoms with Crippen LogP contribution in [0.5, 0.6) is 0 Å². The summed E-state index contributed by atoms with van der Waals surface area (Å²) in [4.78, 5) is 0. The maximum absolute atomic E-state index is 5.89. The second-order valence-electron chi connectivity index (χ2n) is 4.42. The lowest BCUT2D eigenvalue weighted by atomic mass is 10.2. The Balaban J connectivity index is 1.93. The van der Waals surface area contributed by atoms with Gasteiger partial charge in [0.1, 0.15) is 0 Å². The van der Waals surface area contributed by atoms with Crippen molar-refractivity contribution in [2.24, 2.45) is 0 Å². The Morgan fingerprint density at radius 3 is 2.74 bits per heavy atom. The van der Waals surface area contributed by atoms with Crippen LogP contribution in [0.4, 0.5) is 0 Å². The predicted octanol–water partition coefficient (Wildman–Crippen LogP) is 2.93. The minimum absolute atomic E-state index is 0.734. The number of nitrogens with zero attached hydrogens (tertiary/aromatic N) is 1. The topological polar surface area (TPSA) is 26.2 Å². The van der Waals surface area contributed by atoms with Crippen LogP contribution < -0.4 is 5.32 Å². The fraction of sp³-hybridized carbons (Fsp3) is 0.333. The summed E-state index contributed by atoms with van der Waals surface area (Å²) < 4.78 is 7.26. The van der Waals surface area contributed by atoms with Crippen LogP contribution in [0.3, 0.4) is 0 Å². The Bertz CT molecular complexity index is 493. The molecule has 1 heterocycles. The summed E-state index contributed by atoms with van der Waals surface area (Å²) in [6, 6.07) is 12.2. The molecule has 1 aromatic heterocycles. The Kier molecular flexibility index (Phi) is 5.45. The molecular formula is C15H19ClN2O. The van der Waals surface area contributed by atoms with E-state index in [1.165, 1.54) is 11.3 Å². The summed E-state index contributed by atoms with van der Waals surface area (Å²) in [6.45, 7) is 3.32. The van der Waals surface area contributed by atoms with Crippen LogP contribution in [0.1, 0.15) is 11.3 Å². The van der Waals surface area contributed by atoms with Gasteiger partial charge in [0.15, 0.2) is 0 Å². The lowest BCUT2D eigenvalue weighted by molar-refractivity contribution is 0.199. The number of ether oxygens (including phenoxy) is 1. The highest BCUT2D eigenvalue weighted by Crippen LogP contribution is 2.12. The number of aromatic nitrogens is 1. The van der Waals surface area contributed by atoms with Crippen molar-refractivity contribution in [2.45, 2.75) is 13.1 Å². The zero-order valence-electron chi connectivity index (χ0n) is 11.1. The first kappa shape index (κ1) is 14.1. The molecule has 1 N–H and O–H groups in total. The van der Waals surface area contributed by atoms with Crippen molar-refractivity contribution in [2.75, 3.05) is 20.3 Å². The van der Waals surface area contributed by atoms with Gasteiger partial charge in [0.05, 0.1) is 6.61 Å². The van der Waals surface area contributed by atoms with Crippen LogP contribution in [-0.4, -0.2) is 24.8 Å². The van der Waals surface area contributed by atoms with Gasteiger partial charge in [-0.1, -0.05) is 23.7 Å². The summed E-state index contributed by atoms with van der Waals surface area (Å²) in [7, 11) is 1.71. The number of benzene rings is 1. The van der Waals surface area contributed by atoms with E-state index >= 15 is 0 Å². The van der Waals surface area contributed by atoms with E-state index in [0.29, 0.717) is 0 Å². The fourth-order valence-electron chi connectivity index (χ4n) is 1.94. The Morgan fingerprint density at radius 2 is 2.00 bits per heavy atom. The van der Waals surface area contributed by atoms with Gasteiger partial charge in [-0.3, -0.25) is 0 Å². The molecule has 0 aliphatic rings. The highest BCUT2D eigenvalue weighted by Gasteiger charge is 2.01. The zero-order valence-corrected chi connectivity index (χ0v) is 11.9. The van der Waals surface area contributed by atoms with Crippen LogP contribution in [0.15, 0.2) is 42.6 Å². The Morgan fingerprint density at radius 1 is 1.21 bits per heavy atom. The lowest BCUT2D eigenvalue weighted by Crippen LogP contribution is -2.20. The Hall–Kier alpha value is -1.29. The summed E-state index contributed by atoms with van der Waals surface area (Å²) in [6.07, 6.45) is 2.10. The number of halogens is 1. The molecule has 0 aliphatic heterocycles. The van der Waals surface area contributed by atoms with Gasteiger partial charge in [0, 0.05) is 43.7 Å². The molecule has 102 valence electrons. The number of hydrogen-bond acceptors (Lipinski definition) is 2. The minimum atomic E-state index is 0.734. The molecule has 0 bridgehead atoms. The fourth-order valence-corrected chi connectivity index (χ4v) is 2.07. The average Bonchev–Trinajstić information content (AvgIpc) is 2.85. The van der Waals surface area contributed by atoms with Gasteiger partial charge >= 0.3 is 0 Å². The van der Waals surface area contributed by atoms with Gasteiger partial charge in [-0.05, 0) is 29.8 Å². The molecule has 1 aromatic carbocycles. The van der Waals surface area contributed by atoms with Gasteiger partial charge < -0.3 is 14.6 Å². The van der Waals surface area contributed by atoms with E-state index in [9.17, 15) is 0 Å². The molecule has 0 aliphatic carbocycles. The van der Waals surface area contributed by atoms with Crippen LogP contribution in [0.2, 0.25) is 5.02 Å². The van der Waals surface area contributed by atoms with Crippen molar-refractivity contribution < 1.29 is 4.74 Å². The zero-order chi connectivity index (χ0) is 13.5. The molecular weight excluding hydrogens is 260 g/mol. The van der Waals surface area contributed by atoms with Gasteiger partial charge in [-0.25, -0.2) is 0 Å². The summed E-state index contributed by atoms with van der Waals surface area (Å²) in [5.74, 6) is 0. The number of hydrogen-bond donors (Lipinski definition) is 1. The maximum Gasteiger partial charge on any atom is 0.0587 e. The van der Waals surface area contributed by atoms with E-state index < -0.39 is 0 Å². The molecule has 2 aromatic rings. The first-order chi connectivity index (χ1) is 9.29.